The highest BCUT2D eigenvalue weighted by Crippen LogP contribution is 2.37. The zero-order valence-electron chi connectivity index (χ0n) is 10.2. The van der Waals surface area contributed by atoms with Crippen LogP contribution >= 0.6 is 0 Å². The van der Waals surface area contributed by atoms with Crippen LogP contribution in [0.2, 0.25) is 0 Å². The maximum Gasteiger partial charge on any atom is 0.241 e. The Morgan fingerprint density at radius 3 is 2.71 bits per heavy atom. The van der Waals surface area contributed by atoms with E-state index in [1.807, 2.05) is 6.92 Å². The van der Waals surface area contributed by atoms with E-state index in [2.05, 4.69) is 5.32 Å². The van der Waals surface area contributed by atoms with Crippen molar-refractivity contribution in [2.45, 2.75) is 44.6 Å². The van der Waals surface area contributed by atoms with E-state index in [9.17, 15) is 13.2 Å². The van der Waals surface area contributed by atoms with E-state index in [0.717, 1.165) is 12.8 Å². The molecule has 2 aliphatic heterocycles. The smallest absolute Gasteiger partial charge is 0.241 e. The predicted molar refractivity (Wildman–Crippen MR) is 65.0 cm³/mol. The third-order valence-electron chi connectivity index (χ3n) is 3.70. The third kappa shape index (κ3) is 2.08. The van der Waals surface area contributed by atoms with E-state index in [-0.39, 0.29) is 11.7 Å². The highest BCUT2D eigenvalue weighted by Gasteiger charge is 2.52. The summed E-state index contributed by atoms with van der Waals surface area (Å²) >= 11 is 0. The van der Waals surface area contributed by atoms with Gasteiger partial charge in [-0.05, 0) is 32.1 Å². The number of carbonyl (C=O) groups is 1. The van der Waals surface area contributed by atoms with Gasteiger partial charge in [0.1, 0.15) is 5.54 Å². The first-order valence-corrected chi connectivity index (χ1v) is 7.93. The van der Waals surface area contributed by atoms with Crippen LogP contribution in [0.5, 0.6) is 0 Å². The molecule has 1 spiro atoms. The van der Waals surface area contributed by atoms with E-state index in [1.54, 1.807) is 0 Å². The van der Waals surface area contributed by atoms with Crippen molar-refractivity contribution in [3.05, 3.63) is 0 Å². The van der Waals surface area contributed by atoms with Crippen molar-refractivity contribution in [2.75, 3.05) is 18.8 Å². The SMILES string of the molecule is CCCS(=O)(=O)N1CCCC12CCCNC2=O. The zero-order chi connectivity index (χ0) is 12.5. The third-order valence-corrected chi connectivity index (χ3v) is 5.83. The molecule has 2 heterocycles. The van der Waals surface area contributed by atoms with Crippen LogP contribution in [0.25, 0.3) is 0 Å². The Bertz CT molecular complexity index is 407. The largest absolute Gasteiger partial charge is 0.354 e. The van der Waals surface area contributed by atoms with Gasteiger partial charge in [-0.25, -0.2) is 8.42 Å². The normalized spacial score (nSPS) is 30.8. The average Bonchev–Trinajstić information content (AvgIpc) is 2.68. The van der Waals surface area contributed by atoms with Crippen LogP contribution in [0.1, 0.15) is 39.0 Å². The van der Waals surface area contributed by atoms with Gasteiger partial charge < -0.3 is 5.32 Å². The molecule has 5 nitrogen and oxygen atoms in total. The lowest BCUT2D eigenvalue weighted by Gasteiger charge is -2.39. The Morgan fingerprint density at radius 1 is 1.35 bits per heavy atom. The first-order chi connectivity index (χ1) is 8.03. The van der Waals surface area contributed by atoms with E-state index in [1.165, 1.54) is 4.31 Å². The molecule has 2 rings (SSSR count). The summed E-state index contributed by atoms with van der Waals surface area (Å²) in [5, 5.41) is 2.81. The fourth-order valence-electron chi connectivity index (χ4n) is 2.96. The van der Waals surface area contributed by atoms with Gasteiger partial charge in [0.05, 0.1) is 5.75 Å². The molecule has 2 saturated heterocycles. The molecule has 0 aliphatic carbocycles. The van der Waals surface area contributed by atoms with Crippen molar-refractivity contribution in [3.63, 3.8) is 0 Å². The van der Waals surface area contributed by atoms with Crippen molar-refractivity contribution in [2.24, 2.45) is 0 Å². The number of hydrogen-bond acceptors (Lipinski definition) is 3. The van der Waals surface area contributed by atoms with Gasteiger partial charge >= 0.3 is 0 Å². The molecule has 2 aliphatic rings. The zero-order valence-corrected chi connectivity index (χ0v) is 11.1. The molecule has 1 amide bonds. The van der Waals surface area contributed by atoms with Crippen LogP contribution in [0, 0.1) is 0 Å². The summed E-state index contributed by atoms with van der Waals surface area (Å²) in [6, 6.07) is 0. The molecule has 0 aromatic carbocycles. The lowest BCUT2D eigenvalue weighted by atomic mass is 9.88. The van der Waals surface area contributed by atoms with E-state index >= 15 is 0 Å². The minimum Gasteiger partial charge on any atom is -0.354 e. The molecule has 0 aromatic heterocycles. The van der Waals surface area contributed by atoms with Crippen molar-refractivity contribution in [3.8, 4) is 0 Å². The Balaban J connectivity index is 2.30. The highest BCUT2D eigenvalue weighted by molar-refractivity contribution is 7.89. The van der Waals surface area contributed by atoms with Gasteiger partial charge in [0.25, 0.3) is 0 Å². The number of hydrogen-bond donors (Lipinski definition) is 1. The minimum absolute atomic E-state index is 0.0964. The molecule has 6 heteroatoms. The standard InChI is InChI=1S/C11H20N2O3S/c1-2-9-17(15,16)13-8-4-6-11(13)5-3-7-12-10(11)14/h2-9H2,1H3,(H,12,14). The van der Waals surface area contributed by atoms with Gasteiger partial charge in [-0.2, -0.15) is 4.31 Å². The number of piperidine rings is 1. The van der Waals surface area contributed by atoms with Crippen LogP contribution in [-0.4, -0.2) is 43.0 Å². The van der Waals surface area contributed by atoms with Gasteiger partial charge in [0, 0.05) is 13.1 Å². The van der Waals surface area contributed by atoms with E-state index < -0.39 is 15.6 Å². The van der Waals surface area contributed by atoms with Gasteiger partial charge in [-0.1, -0.05) is 6.92 Å². The Kier molecular flexibility index (Phi) is 3.45. The van der Waals surface area contributed by atoms with Crippen LogP contribution in [0.3, 0.4) is 0 Å². The molecule has 1 atom stereocenters. The molecule has 98 valence electrons. The van der Waals surface area contributed by atoms with E-state index in [4.69, 9.17) is 0 Å². The van der Waals surface area contributed by atoms with Crippen molar-refractivity contribution >= 4 is 15.9 Å². The summed E-state index contributed by atoms with van der Waals surface area (Å²) in [6.07, 6.45) is 3.58. The maximum atomic E-state index is 12.2. The number of amides is 1. The van der Waals surface area contributed by atoms with Crippen LogP contribution in [-0.2, 0) is 14.8 Å². The molecule has 0 bridgehead atoms. The second-order valence-electron chi connectivity index (χ2n) is 4.88. The molecular formula is C11H20N2O3S. The maximum absolute atomic E-state index is 12.2. The predicted octanol–water partition coefficient (Wildman–Crippen LogP) is 0.471. The summed E-state index contributed by atoms with van der Waals surface area (Å²) in [7, 11) is -3.28. The lowest BCUT2D eigenvalue weighted by molar-refractivity contribution is -0.131. The Labute approximate surface area is 103 Å². The number of carbonyl (C=O) groups excluding carboxylic acids is 1. The molecule has 1 unspecified atom stereocenters. The number of sulfonamides is 1. The van der Waals surface area contributed by atoms with Gasteiger partial charge in [-0.15, -0.1) is 0 Å². The molecule has 17 heavy (non-hydrogen) atoms. The Morgan fingerprint density at radius 2 is 2.06 bits per heavy atom. The molecule has 0 radical (unpaired) electrons. The van der Waals surface area contributed by atoms with Crippen molar-refractivity contribution in [1.82, 2.24) is 9.62 Å². The second-order valence-corrected chi connectivity index (χ2v) is 6.90. The summed E-state index contributed by atoms with van der Waals surface area (Å²) in [4.78, 5) is 12.1. The summed E-state index contributed by atoms with van der Waals surface area (Å²) in [5.41, 5.74) is -0.772. The monoisotopic (exact) mass is 260 g/mol. The van der Waals surface area contributed by atoms with Crippen LogP contribution in [0.4, 0.5) is 0 Å². The minimum atomic E-state index is -3.28. The first kappa shape index (κ1) is 12.8. The number of nitrogens with one attached hydrogen (secondary N) is 1. The highest BCUT2D eigenvalue weighted by atomic mass is 32.2. The van der Waals surface area contributed by atoms with Gasteiger partial charge in [0.15, 0.2) is 0 Å². The molecular weight excluding hydrogens is 240 g/mol. The number of rotatable bonds is 3. The molecule has 2 fully saturated rings. The summed E-state index contributed by atoms with van der Waals surface area (Å²) in [6.45, 7) is 3.01. The van der Waals surface area contributed by atoms with Crippen molar-refractivity contribution < 1.29 is 13.2 Å². The topological polar surface area (TPSA) is 66.5 Å². The van der Waals surface area contributed by atoms with E-state index in [0.29, 0.717) is 32.4 Å². The van der Waals surface area contributed by atoms with Crippen molar-refractivity contribution in [1.29, 1.82) is 0 Å². The average molecular weight is 260 g/mol. The first-order valence-electron chi connectivity index (χ1n) is 6.32. The number of nitrogens with zero attached hydrogens (tertiary/aromatic N) is 1. The van der Waals surface area contributed by atoms with Crippen LogP contribution in [0.15, 0.2) is 0 Å². The Hall–Kier alpha value is -0.620. The van der Waals surface area contributed by atoms with Gasteiger partial charge in [-0.3, -0.25) is 4.79 Å². The fourth-order valence-corrected chi connectivity index (χ4v) is 4.91. The summed E-state index contributed by atoms with van der Waals surface area (Å²) < 4.78 is 25.9. The van der Waals surface area contributed by atoms with Crippen LogP contribution < -0.4 is 5.32 Å². The lowest BCUT2D eigenvalue weighted by Crippen LogP contribution is -2.60. The summed E-state index contributed by atoms with van der Waals surface area (Å²) in [5.74, 6) is 0.0445. The molecule has 0 saturated carbocycles. The quantitative estimate of drug-likeness (QED) is 0.802. The molecule has 0 aromatic rings. The molecule has 1 N–H and O–H groups in total. The fraction of sp³-hybridized carbons (Fsp3) is 0.909. The van der Waals surface area contributed by atoms with Gasteiger partial charge in [0.2, 0.25) is 15.9 Å². The second kappa shape index (κ2) is 4.57.